The largest absolute Gasteiger partial charge is 0.459 e. The maximum absolute atomic E-state index is 13.1. The lowest BCUT2D eigenvalue weighted by Gasteiger charge is -2.29. The van der Waals surface area contributed by atoms with Crippen molar-refractivity contribution in [3.05, 3.63) is 35.9 Å². The average Bonchev–Trinajstić information content (AvgIpc) is 2.80. The monoisotopic (exact) mass is 497 g/mol. The van der Waals surface area contributed by atoms with Gasteiger partial charge in [-0.3, -0.25) is 9.59 Å². The van der Waals surface area contributed by atoms with Crippen LogP contribution in [0.2, 0.25) is 0 Å². The molecule has 1 aromatic carbocycles. The van der Waals surface area contributed by atoms with Crippen molar-refractivity contribution in [1.82, 2.24) is 16.0 Å². The van der Waals surface area contributed by atoms with Gasteiger partial charge in [-0.2, -0.15) is 0 Å². The van der Waals surface area contributed by atoms with Crippen LogP contribution in [0, 0.1) is 11.8 Å². The maximum Gasteiger partial charge on any atom is 0.329 e. The van der Waals surface area contributed by atoms with Crippen LogP contribution in [0.1, 0.15) is 58.9 Å². The summed E-state index contributed by atoms with van der Waals surface area (Å²) in [4.78, 5) is 38.5. The summed E-state index contributed by atoms with van der Waals surface area (Å²) in [6.07, 6.45) is 1.81. The zero-order chi connectivity index (χ0) is 24.4. The Bertz CT molecular complexity index is 769. The third-order valence-corrected chi connectivity index (χ3v) is 5.78. The molecule has 0 saturated carbocycles. The van der Waals surface area contributed by atoms with Gasteiger partial charge in [0.25, 0.3) is 5.91 Å². The summed E-state index contributed by atoms with van der Waals surface area (Å²) in [7, 11) is 0. The second kappa shape index (κ2) is 15.0. The van der Waals surface area contributed by atoms with Crippen molar-refractivity contribution in [3.63, 3.8) is 0 Å². The van der Waals surface area contributed by atoms with Crippen LogP contribution in [0.5, 0.6) is 0 Å². The molecule has 0 aliphatic carbocycles. The second-order valence-corrected chi connectivity index (χ2v) is 9.52. The Kier molecular flexibility index (Phi) is 13.1. The van der Waals surface area contributed by atoms with Crippen LogP contribution >= 0.6 is 12.4 Å². The van der Waals surface area contributed by atoms with E-state index >= 15 is 0 Å². The molecule has 9 heteroatoms. The molecular formula is C25H40ClN3O5. The van der Waals surface area contributed by atoms with Crippen LogP contribution in [0.15, 0.2) is 30.3 Å². The number of carbonyl (C=O) groups excluding carboxylic acids is 3. The molecule has 4 N–H and O–H groups in total. The van der Waals surface area contributed by atoms with Crippen LogP contribution < -0.4 is 16.0 Å². The van der Waals surface area contributed by atoms with E-state index in [0.29, 0.717) is 12.8 Å². The van der Waals surface area contributed by atoms with Gasteiger partial charge in [-0.05, 0) is 43.2 Å². The molecule has 0 bridgehead atoms. The lowest BCUT2D eigenvalue weighted by atomic mass is 9.97. The number of nitrogens with one attached hydrogen (secondary N) is 3. The minimum atomic E-state index is -1.23. The minimum Gasteiger partial charge on any atom is -0.459 e. The summed E-state index contributed by atoms with van der Waals surface area (Å²) in [6, 6.07) is 7.29. The summed E-state index contributed by atoms with van der Waals surface area (Å²) >= 11 is 0. The van der Waals surface area contributed by atoms with E-state index in [4.69, 9.17) is 4.74 Å². The molecule has 2 rings (SSSR count). The van der Waals surface area contributed by atoms with E-state index in [9.17, 15) is 19.5 Å². The van der Waals surface area contributed by atoms with Crippen molar-refractivity contribution in [2.45, 2.75) is 84.2 Å². The molecule has 192 valence electrons. The Hall–Kier alpha value is -2.16. The van der Waals surface area contributed by atoms with Crippen molar-refractivity contribution >= 4 is 30.2 Å². The Balaban J connectivity index is 0.00000578. The normalized spacial score (nSPS) is 18.4. The topological polar surface area (TPSA) is 117 Å². The fourth-order valence-electron chi connectivity index (χ4n) is 3.86. The van der Waals surface area contributed by atoms with Gasteiger partial charge in [0.2, 0.25) is 5.91 Å². The van der Waals surface area contributed by atoms with Crippen LogP contribution in [0.25, 0.3) is 0 Å². The van der Waals surface area contributed by atoms with E-state index in [1.165, 1.54) is 0 Å². The molecular weight excluding hydrogens is 458 g/mol. The third-order valence-electron chi connectivity index (χ3n) is 5.78. The number of carbonyl (C=O) groups is 3. The Morgan fingerprint density at radius 1 is 1.06 bits per heavy atom. The van der Waals surface area contributed by atoms with Gasteiger partial charge in [-0.25, -0.2) is 4.79 Å². The van der Waals surface area contributed by atoms with E-state index in [2.05, 4.69) is 16.0 Å². The Morgan fingerprint density at radius 2 is 1.74 bits per heavy atom. The molecule has 0 radical (unpaired) electrons. The second-order valence-electron chi connectivity index (χ2n) is 9.52. The summed E-state index contributed by atoms with van der Waals surface area (Å²) < 4.78 is 5.42. The number of ether oxygens (including phenoxy) is 1. The Morgan fingerprint density at radius 3 is 2.29 bits per heavy atom. The van der Waals surface area contributed by atoms with Crippen molar-refractivity contribution in [1.29, 1.82) is 0 Å². The highest BCUT2D eigenvalue weighted by molar-refractivity contribution is 5.92. The fraction of sp³-hybridized carbons (Fsp3) is 0.640. The van der Waals surface area contributed by atoms with Gasteiger partial charge in [0.1, 0.15) is 24.8 Å². The molecule has 1 saturated heterocycles. The number of benzene rings is 1. The quantitative estimate of drug-likeness (QED) is 0.349. The maximum atomic E-state index is 13.1. The third kappa shape index (κ3) is 9.60. The van der Waals surface area contributed by atoms with E-state index in [1.54, 1.807) is 0 Å². The van der Waals surface area contributed by atoms with Gasteiger partial charge < -0.3 is 25.8 Å². The first kappa shape index (κ1) is 29.9. The standard InChI is InChI=1S/C25H39N3O5.ClH/c1-16(2)14-20(27-24(31)22(29)19-12-8-9-13-26-19)23(30)28-21(17(3)4)25(32)33-15-18-10-6-5-7-11-18;/h5-7,10-11,16-17,19-22,26,29H,8-9,12-15H2,1-4H3,(H,27,31)(H,28,30);1H/t19?,20-,21+,22?;/m1./s1. The fourth-order valence-corrected chi connectivity index (χ4v) is 3.86. The molecule has 1 aromatic rings. The number of aliphatic hydroxyl groups excluding tert-OH is 1. The molecule has 2 unspecified atom stereocenters. The van der Waals surface area contributed by atoms with E-state index in [-0.39, 0.29) is 36.9 Å². The first-order chi connectivity index (χ1) is 15.7. The number of rotatable bonds is 11. The van der Waals surface area contributed by atoms with E-state index < -0.39 is 36.0 Å². The van der Waals surface area contributed by atoms with Gasteiger partial charge in [0, 0.05) is 6.04 Å². The minimum absolute atomic E-state index is 0. The zero-order valence-corrected chi connectivity index (χ0v) is 21.4. The number of aliphatic hydroxyl groups is 1. The van der Waals surface area contributed by atoms with Gasteiger partial charge in [0.05, 0.1) is 0 Å². The predicted molar refractivity (Wildman–Crippen MR) is 133 cm³/mol. The summed E-state index contributed by atoms with van der Waals surface area (Å²) in [5.41, 5.74) is 0.856. The van der Waals surface area contributed by atoms with Gasteiger partial charge in [0.15, 0.2) is 0 Å². The molecule has 8 nitrogen and oxygen atoms in total. The molecule has 4 atom stereocenters. The van der Waals surface area contributed by atoms with Crippen molar-refractivity contribution in [3.8, 4) is 0 Å². The molecule has 0 spiro atoms. The average molecular weight is 498 g/mol. The molecule has 34 heavy (non-hydrogen) atoms. The number of esters is 1. The van der Waals surface area contributed by atoms with Crippen molar-refractivity contribution in [2.24, 2.45) is 11.8 Å². The first-order valence-electron chi connectivity index (χ1n) is 11.9. The van der Waals surface area contributed by atoms with Crippen LogP contribution in [-0.2, 0) is 25.7 Å². The van der Waals surface area contributed by atoms with Crippen LogP contribution in [0.4, 0.5) is 0 Å². The number of piperidine rings is 1. The van der Waals surface area contributed by atoms with Gasteiger partial charge >= 0.3 is 5.97 Å². The molecule has 0 aromatic heterocycles. The van der Waals surface area contributed by atoms with Crippen LogP contribution in [0.3, 0.4) is 0 Å². The SMILES string of the molecule is CC(C)C[C@@H](NC(=O)C(O)C1CCCCN1)C(=O)N[C@H](C(=O)OCc1ccccc1)C(C)C.Cl. The lowest BCUT2D eigenvalue weighted by Crippen LogP contribution is -2.57. The predicted octanol–water partition coefficient (Wildman–Crippen LogP) is 2.33. The summed E-state index contributed by atoms with van der Waals surface area (Å²) in [5, 5.41) is 19.1. The van der Waals surface area contributed by atoms with Crippen molar-refractivity contribution < 1.29 is 24.2 Å². The molecule has 1 heterocycles. The van der Waals surface area contributed by atoms with Crippen molar-refractivity contribution in [2.75, 3.05) is 6.54 Å². The number of halogens is 1. The molecule has 2 amide bonds. The molecule has 1 fully saturated rings. The number of amides is 2. The van der Waals surface area contributed by atoms with E-state index in [1.807, 2.05) is 58.0 Å². The number of hydrogen-bond donors (Lipinski definition) is 4. The van der Waals surface area contributed by atoms with Gasteiger partial charge in [-0.15, -0.1) is 12.4 Å². The lowest BCUT2D eigenvalue weighted by molar-refractivity contribution is -0.150. The van der Waals surface area contributed by atoms with E-state index in [0.717, 1.165) is 24.9 Å². The zero-order valence-electron chi connectivity index (χ0n) is 20.6. The van der Waals surface area contributed by atoms with Gasteiger partial charge in [-0.1, -0.05) is 64.4 Å². The summed E-state index contributed by atoms with van der Waals surface area (Å²) in [5.74, 6) is -1.65. The summed E-state index contributed by atoms with van der Waals surface area (Å²) in [6.45, 7) is 8.41. The highest BCUT2D eigenvalue weighted by Gasteiger charge is 2.33. The number of hydrogen-bond acceptors (Lipinski definition) is 6. The first-order valence-corrected chi connectivity index (χ1v) is 11.9. The smallest absolute Gasteiger partial charge is 0.329 e. The highest BCUT2D eigenvalue weighted by atomic mass is 35.5. The molecule has 1 aliphatic heterocycles. The molecule has 1 aliphatic rings. The Labute approximate surface area is 209 Å². The highest BCUT2D eigenvalue weighted by Crippen LogP contribution is 2.13. The van der Waals surface area contributed by atoms with Crippen LogP contribution in [-0.4, -0.2) is 53.7 Å².